The first kappa shape index (κ1) is 31.2. The zero-order valence-electron chi connectivity index (χ0n) is 26.7. The van der Waals surface area contributed by atoms with Gasteiger partial charge < -0.3 is 19.7 Å². The first-order valence-corrected chi connectivity index (χ1v) is 15.8. The smallest absolute Gasteiger partial charge is 0.335 e. The molecule has 4 saturated carbocycles. The molecular weight excluding hydrogens is 536 g/mol. The summed E-state index contributed by atoms with van der Waals surface area (Å²) in [6.45, 7) is 14.1. The lowest BCUT2D eigenvalue weighted by atomic mass is 9.33. The molecule has 0 unspecified atom stereocenters. The van der Waals surface area contributed by atoms with Gasteiger partial charge in [0.2, 0.25) is 0 Å². The minimum absolute atomic E-state index is 0.0283. The zero-order valence-corrected chi connectivity index (χ0v) is 26.7. The largest absolute Gasteiger partial charge is 0.481 e. The number of ketones is 1. The maximum absolute atomic E-state index is 14.5. The summed E-state index contributed by atoms with van der Waals surface area (Å²) < 4.78 is 11.0. The molecule has 0 amide bonds. The summed E-state index contributed by atoms with van der Waals surface area (Å²) in [6.07, 6.45) is 6.46. The van der Waals surface area contributed by atoms with Crippen LogP contribution in [0.3, 0.4) is 0 Å². The van der Waals surface area contributed by atoms with E-state index in [1.807, 2.05) is 13.0 Å². The number of carbonyl (C=O) groups excluding carboxylic acids is 2. The topological polar surface area (TPSA) is 127 Å². The highest BCUT2D eigenvalue weighted by Gasteiger charge is 2.72. The van der Waals surface area contributed by atoms with Crippen molar-refractivity contribution in [2.24, 2.45) is 50.2 Å². The SMILES string of the molecule is CO[C@@H](C)C(=O)O[C@H]1CC[C@@]2(C)[C@@H](CC[C@]3(C)[C@@H]2C(=O)C=C2[C@@H]4C[C@@](C)(C(=O)O)CC[C@]4(C)CC[C@]23C)[C@]1(C)C(=O)O. The lowest BCUT2D eigenvalue weighted by molar-refractivity contribution is -0.223. The average Bonchev–Trinajstić information content (AvgIpc) is 2.91. The van der Waals surface area contributed by atoms with Crippen LogP contribution < -0.4 is 0 Å². The van der Waals surface area contributed by atoms with E-state index in [2.05, 4.69) is 27.7 Å². The van der Waals surface area contributed by atoms with E-state index >= 15 is 0 Å². The first-order chi connectivity index (χ1) is 19.3. The summed E-state index contributed by atoms with van der Waals surface area (Å²) in [5.74, 6) is -2.98. The fourth-order valence-electron chi connectivity index (χ4n) is 10.8. The molecule has 0 aromatic heterocycles. The van der Waals surface area contributed by atoms with Gasteiger partial charge in [0.05, 0.1) is 5.41 Å². The number of methoxy groups -OCH3 is 1. The summed E-state index contributed by atoms with van der Waals surface area (Å²) in [6, 6.07) is 0. The maximum Gasteiger partial charge on any atom is 0.335 e. The van der Waals surface area contributed by atoms with E-state index in [1.54, 1.807) is 13.8 Å². The molecule has 2 N–H and O–H groups in total. The van der Waals surface area contributed by atoms with Gasteiger partial charge >= 0.3 is 17.9 Å². The van der Waals surface area contributed by atoms with Gasteiger partial charge in [0.1, 0.15) is 11.5 Å². The van der Waals surface area contributed by atoms with Crippen LogP contribution in [-0.4, -0.2) is 53.2 Å². The second-order valence-corrected chi connectivity index (χ2v) is 16.0. The van der Waals surface area contributed by atoms with E-state index in [0.717, 1.165) is 24.8 Å². The number of allylic oxidation sites excluding steroid dienone is 2. The number of carboxylic acids is 2. The quantitative estimate of drug-likeness (QED) is 0.372. The Morgan fingerprint density at radius 2 is 1.55 bits per heavy atom. The van der Waals surface area contributed by atoms with Crippen molar-refractivity contribution in [2.75, 3.05) is 7.11 Å². The third-order valence-electron chi connectivity index (χ3n) is 14.1. The van der Waals surface area contributed by atoms with Gasteiger partial charge in [0, 0.05) is 13.0 Å². The second-order valence-electron chi connectivity index (χ2n) is 16.0. The van der Waals surface area contributed by atoms with Crippen molar-refractivity contribution in [3.63, 3.8) is 0 Å². The van der Waals surface area contributed by atoms with E-state index in [4.69, 9.17) is 9.47 Å². The highest BCUT2D eigenvalue weighted by molar-refractivity contribution is 5.96. The molecule has 4 fully saturated rings. The first-order valence-electron chi connectivity index (χ1n) is 15.8. The third-order valence-corrected chi connectivity index (χ3v) is 14.1. The Bertz CT molecular complexity index is 1240. The molecule has 8 heteroatoms. The second kappa shape index (κ2) is 9.64. The van der Waals surface area contributed by atoms with Crippen LogP contribution in [-0.2, 0) is 28.7 Å². The lowest BCUT2D eigenvalue weighted by Gasteiger charge is -2.70. The number of hydrogen-bond donors (Lipinski definition) is 2. The van der Waals surface area contributed by atoms with Crippen LogP contribution in [0.15, 0.2) is 11.6 Å². The Kier molecular flexibility index (Phi) is 7.16. The van der Waals surface area contributed by atoms with Crippen LogP contribution >= 0.6 is 0 Å². The molecule has 0 radical (unpaired) electrons. The predicted molar refractivity (Wildman–Crippen MR) is 155 cm³/mol. The van der Waals surface area contributed by atoms with Crippen molar-refractivity contribution >= 4 is 23.7 Å². The van der Waals surface area contributed by atoms with Gasteiger partial charge in [-0.2, -0.15) is 0 Å². The van der Waals surface area contributed by atoms with Gasteiger partial charge in [-0.1, -0.05) is 33.3 Å². The molecule has 234 valence electrons. The molecule has 5 aliphatic rings. The third kappa shape index (κ3) is 3.95. The van der Waals surface area contributed by atoms with Gasteiger partial charge in [-0.05, 0) is 118 Å². The Morgan fingerprint density at radius 1 is 0.905 bits per heavy atom. The maximum atomic E-state index is 14.5. The molecule has 5 aliphatic carbocycles. The number of rotatable bonds is 5. The highest BCUT2D eigenvalue weighted by Crippen LogP contribution is 2.75. The van der Waals surface area contributed by atoms with Gasteiger partial charge in [-0.25, -0.2) is 4.79 Å². The average molecular weight is 587 g/mol. The van der Waals surface area contributed by atoms with Crippen molar-refractivity contribution in [1.82, 2.24) is 0 Å². The number of hydrogen-bond acceptors (Lipinski definition) is 6. The summed E-state index contributed by atoms with van der Waals surface area (Å²) >= 11 is 0. The van der Waals surface area contributed by atoms with Crippen LogP contribution in [0.4, 0.5) is 0 Å². The zero-order chi connectivity index (χ0) is 31.3. The molecule has 42 heavy (non-hydrogen) atoms. The van der Waals surface area contributed by atoms with Gasteiger partial charge in [-0.15, -0.1) is 0 Å². The molecule has 0 saturated heterocycles. The minimum atomic E-state index is -1.35. The number of aliphatic carboxylic acids is 2. The summed E-state index contributed by atoms with van der Waals surface area (Å²) in [5.41, 5.74) is -2.35. The van der Waals surface area contributed by atoms with Crippen LogP contribution in [0.25, 0.3) is 0 Å². The molecular formula is C34H50O8. The minimum Gasteiger partial charge on any atom is -0.481 e. The molecule has 11 atom stereocenters. The lowest BCUT2D eigenvalue weighted by Crippen LogP contribution is -2.68. The monoisotopic (exact) mass is 586 g/mol. The van der Waals surface area contributed by atoms with E-state index < -0.39 is 51.8 Å². The van der Waals surface area contributed by atoms with Crippen LogP contribution in [0, 0.1) is 50.2 Å². The van der Waals surface area contributed by atoms with Crippen molar-refractivity contribution in [3.05, 3.63) is 11.6 Å². The fourth-order valence-corrected chi connectivity index (χ4v) is 10.8. The number of fused-ring (bicyclic) bond motifs is 7. The van der Waals surface area contributed by atoms with E-state index in [9.17, 15) is 29.4 Å². The molecule has 0 heterocycles. The molecule has 0 aromatic carbocycles. The van der Waals surface area contributed by atoms with E-state index in [0.29, 0.717) is 38.5 Å². The van der Waals surface area contributed by atoms with Crippen LogP contribution in [0.5, 0.6) is 0 Å². The molecule has 8 nitrogen and oxygen atoms in total. The van der Waals surface area contributed by atoms with Crippen molar-refractivity contribution in [3.8, 4) is 0 Å². The molecule has 0 aromatic rings. The van der Waals surface area contributed by atoms with Crippen molar-refractivity contribution in [1.29, 1.82) is 0 Å². The Labute approximate surface area is 250 Å². The summed E-state index contributed by atoms with van der Waals surface area (Å²) in [4.78, 5) is 52.6. The molecule has 0 spiro atoms. The number of ether oxygens (including phenoxy) is 2. The molecule has 0 bridgehead atoms. The number of carbonyl (C=O) groups is 4. The predicted octanol–water partition coefficient (Wildman–Crippen LogP) is 6.06. The Balaban J connectivity index is 1.57. The van der Waals surface area contributed by atoms with Crippen LogP contribution in [0.1, 0.15) is 106 Å². The van der Waals surface area contributed by atoms with Gasteiger partial charge in [-0.3, -0.25) is 14.4 Å². The van der Waals surface area contributed by atoms with Crippen molar-refractivity contribution < 1.29 is 38.9 Å². The van der Waals surface area contributed by atoms with E-state index in [1.165, 1.54) is 7.11 Å². The van der Waals surface area contributed by atoms with Gasteiger partial charge in [0.25, 0.3) is 0 Å². The summed E-state index contributed by atoms with van der Waals surface area (Å²) in [7, 11) is 1.42. The van der Waals surface area contributed by atoms with Crippen molar-refractivity contribution in [2.45, 2.75) is 118 Å². The Morgan fingerprint density at radius 3 is 2.14 bits per heavy atom. The molecule has 5 rings (SSSR count). The standard InChI is InChI=1S/C34H50O8/c1-19(41-8)26(36)42-24-10-11-31(4)23(34(24,7)28(39)40)9-12-33(6)25(31)22(35)17-20-21-18-30(3,27(37)38)14-13-29(21,2)15-16-32(20,33)5/h17,19,21,23-25H,9-16,18H2,1-8H3,(H,37,38)(H,39,40)/t19-,21-,23+,24-,25+,29+,30-,31-,32+,33+,34-/m0/s1. The summed E-state index contributed by atoms with van der Waals surface area (Å²) in [5, 5.41) is 20.8. The Hall–Kier alpha value is -2.22. The van der Waals surface area contributed by atoms with Gasteiger partial charge in [0.15, 0.2) is 11.9 Å². The highest BCUT2D eigenvalue weighted by atomic mass is 16.6. The van der Waals surface area contributed by atoms with Crippen LogP contribution in [0.2, 0.25) is 0 Å². The fraction of sp³-hybridized carbons (Fsp3) is 0.824. The number of carboxylic acid groups (broad SMARTS) is 2. The number of esters is 1. The normalized spacial score (nSPS) is 48.9. The van der Waals surface area contributed by atoms with E-state index in [-0.39, 0.29) is 34.4 Å². The molecule has 0 aliphatic heterocycles.